The fourth-order valence-corrected chi connectivity index (χ4v) is 2.30. The lowest BCUT2D eigenvalue weighted by Gasteiger charge is -2.10. The molecule has 7 heteroatoms. The molecule has 0 aromatic heterocycles. The summed E-state index contributed by atoms with van der Waals surface area (Å²) in [5.41, 5.74) is 1.24. The van der Waals surface area contributed by atoms with Gasteiger partial charge in [-0.3, -0.25) is 10.1 Å². The van der Waals surface area contributed by atoms with E-state index in [9.17, 15) is 10.1 Å². The van der Waals surface area contributed by atoms with Crippen molar-refractivity contribution in [2.45, 2.75) is 0 Å². The summed E-state index contributed by atoms with van der Waals surface area (Å²) in [4.78, 5) is 10.6. The molecular formula is C14H11ClN2O3S. The number of anilines is 1. The molecule has 0 amide bonds. The highest BCUT2D eigenvalue weighted by Crippen LogP contribution is 2.24. The van der Waals surface area contributed by atoms with Gasteiger partial charge in [0.1, 0.15) is 10.7 Å². The van der Waals surface area contributed by atoms with E-state index in [1.807, 2.05) is 12.1 Å². The van der Waals surface area contributed by atoms with Crippen LogP contribution in [0.15, 0.2) is 42.5 Å². The van der Waals surface area contributed by atoms with Crippen molar-refractivity contribution in [2.75, 3.05) is 12.4 Å². The molecule has 0 saturated heterocycles. The summed E-state index contributed by atoms with van der Waals surface area (Å²) in [6.45, 7) is 0. The highest BCUT2D eigenvalue weighted by molar-refractivity contribution is 7.81. The number of nitrogens with one attached hydrogen (secondary N) is 1. The van der Waals surface area contributed by atoms with E-state index >= 15 is 0 Å². The molecule has 1 N–H and O–H groups in total. The highest BCUT2D eigenvalue weighted by atomic mass is 35.5. The molecule has 2 rings (SSSR count). The van der Waals surface area contributed by atoms with Gasteiger partial charge < -0.3 is 10.1 Å². The van der Waals surface area contributed by atoms with Crippen LogP contribution in [-0.2, 0) is 0 Å². The molecular weight excluding hydrogens is 312 g/mol. The minimum Gasteiger partial charge on any atom is -0.497 e. The second kappa shape index (κ2) is 6.51. The van der Waals surface area contributed by atoms with E-state index < -0.39 is 4.92 Å². The molecule has 0 spiro atoms. The summed E-state index contributed by atoms with van der Waals surface area (Å²) in [6, 6.07) is 11.4. The predicted molar refractivity (Wildman–Crippen MR) is 86.4 cm³/mol. The Bertz CT molecular complexity index is 689. The average Bonchev–Trinajstić information content (AvgIpc) is 2.47. The van der Waals surface area contributed by atoms with Gasteiger partial charge in [-0.1, -0.05) is 23.8 Å². The first-order chi connectivity index (χ1) is 10.0. The summed E-state index contributed by atoms with van der Waals surface area (Å²) in [5.74, 6) is 0.736. The van der Waals surface area contributed by atoms with Gasteiger partial charge in [0.25, 0.3) is 5.69 Å². The molecule has 0 aliphatic heterocycles. The topological polar surface area (TPSA) is 64.4 Å². The fourth-order valence-electron chi connectivity index (χ4n) is 1.67. The van der Waals surface area contributed by atoms with Crippen LogP contribution < -0.4 is 10.1 Å². The number of halogens is 1. The predicted octanol–water partition coefficient (Wildman–Crippen LogP) is 4.04. The lowest BCUT2D eigenvalue weighted by Crippen LogP contribution is -2.11. The van der Waals surface area contributed by atoms with Crippen LogP contribution in [-0.4, -0.2) is 17.0 Å². The van der Waals surface area contributed by atoms with Gasteiger partial charge in [0.15, 0.2) is 0 Å². The van der Waals surface area contributed by atoms with Gasteiger partial charge in [-0.2, -0.15) is 0 Å². The zero-order chi connectivity index (χ0) is 15.4. The standard InChI is InChI=1S/C14H11ClN2O3S/c1-20-11-5-2-9(3-6-11)16-14(21)12-7-4-10(17(18)19)8-13(12)15/h2-8H,1H3,(H,16,21). The Labute approximate surface area is 131 Å². The normalized spacial score (nSPS) is 10.0. The van der Waals surface area contributed by atoms with Crippen molar-refractivity contribution >= 4 is 40.2 Å². The monoisotopic (exact) mass is 322 g/mol. The SMILES string of the molecule is COc1ccc(NC(=S)c2ccc([N+](=O)[O-])cc2Cl)cc1. The number of non-ortho nitro benzene ring substituents is 1. The lowest BCUT2D eigenvalue weighted by molar-refractivity contribution is -0.384. The molecule has 21 heavy (non-hydrogen) atoms. The molecule has 0 radical (unpaired) electrons. The Balaban J connectivity index is 2.17. The molecule has 0 unspecified atom stereocenters. The lowest BCUT2D eigenvalue weighted by atomic mass is 10.2. The molecule has 0 bridgehead atoms. The number of nitro benzene ring substituents is 1. The van der Waals surface area contributed by atoms with Crippen molar-refractivity contribution < 1.29 is 9.66 Å². The summed E-state index contributed by atoms with van der Waals surface area (Å²) in [7, 11) is 1.59. The first kappa shape index (κ1) is 15.2. The second-order valence-electron chi connectivity index (χ2n) is 4.10. The largest absolute Gasteiger partial charge is 0.497 e. The number of methoxy groups -OCH3 is 1. The summed E-state index contributed by atoms with van der Waals surface area (Å²) in [5, 5.41) is 13.9. The van der Waals surface area contributed by atoms with Gasteiger partial charge in [-0.15, -0.1) is 0 Å². The minimum atomic E-state index is -0.504. The van der Waals surface area contributed by atoms with Gasteiger partial charge >= 0.3 is 0 Å². The number of ether oxygens (including phenoxy) is 1. The number of hydrogen-bond donors (Lipinski definition) is 1. The molecule has 0 saturated carbocycles. The fraction of sp³-hybridized carbons (Fsp3) is 0.0714. The maximum atomic E-state index is 10.7. The zero-order valence-electron chi connectivity index (χ0n) is 11.0. The van der Waals surface area contributed by atoms with Crippen LogP contribution in [0.5, 0.6) is 5.75 Å². The Morgan fingerprint density at radius 3 is 2.48 bits per heavy atom. The van der Waals surface area contributed by atoms with E-state index in [2.05, 4.69) is 5.32 Å². The number of nitro groups is 1. The van der Waals surface area contributed by atoms with Gasteiger partial charge in [0.05, 0.1) is 17.1 Å². The average molecular weight is 323 g/mol. The summed E-state index contributed by atoms with van der Waals surface area (Å²) in [6.07, 6.45) is 0. The van der Waals surface area contributed by atoms with E-state index in [0.29, 0.717) is 10.6 Å². The first-order valence-corrected chi connectivity index (χ1v) is 6.69. The van der Waals surface area contributed by atoms with Crippen LogP contribution in [0.3, 0.4) is 0 Å². The quantitative estimate of drug-likeness (QED) is 0.523. The van der Waals surface area contributed by atoms with Crippen molar-refractivity contribution in [1.82, 2.24) is 0 Å². The van der Waals surface area contributed by atoms with E-state index in [4.69, 9.17) is 28.6 Å². The molecule has 5 nitrogen and oxygen atoms in total. The van der Waals surface area contributed by atoms with E-state index in [-0.39, 0.29) is 10.7 Å². The van der Waals surface area contributed by atoms with E-state index in [0.717, 1.165) is 11.4 Å². The Morgan fingerprint density at radius 1 is 1.29 bits per heavy atom. The third kappa shape index (κ3) is 3.68. The summed E-state index contributed by atoms with van der Waals surface area (Å²) < 4.78 is 5.07. The van der Waals surface area contributed by atoms with Crippen molar-refractivity contribution in [3.05, 3.63) is 63.2 Å². The first-order valence-electron chi connectivity index (χ1n) is 5.90. The smallest absolute Gasteiger partial charge is 0.270 e. The minimum absolute atomic E-state index is 0.0732. The maximum absolute atomic E-state index is 10.7. The van der Waals surface area contributed by atoms with Crippen LogP contribution in [0.25, 0.3) is 0 Å². The Morgan fingerprint density at radius 2 is 1.95 bits per heavy atom. The van der Waals surface area contributed by atoms with E-state index in [1.54, 1.807) is 19.2 Å². The van der Waals surface area contributed by atoms with Crippen molar-refractivity contribution in [2.24, 2.45) is 0 Å². The third-order valence-corrected chi connectivity index (χ3v) is 3.39. The molecule has 0 aliphatic carbocycles. The van der Waals surface area contributed by atoms with Crippen molar-refractivity contribution in [3.8, 4) is 5.75 Å². The molecule has 0 aliphatic rings. The number of hydrogen-bond acceptors (Lipinski definition) is 4. The molecule has 2 aromatic carbocycles. The molecule has 108 valence electrons. The van der Waals surface area contributed by atoms with Gasteiger partial charge in [-0.25, -0.2) is 0 Å². The number of nitrogens with zero attached hydrogens (tertiary/aromatic N) is 1. The number of thiocarbonyl (C=S) groups is 1. The summed E-state index contributed by atoms with van der Waals surface area (Å²) >= 11 is 11.3. The highest BCUT2D eigenvalue weighted by Gasteiger charge is 2.12. The van der Waals surface area contributed by atoms with Crippen LogP contribution >= 0.6 is 23.8 Å². The number of rotatable bonds is 4. The molecule has 0 fully saturated rings. The zero-order valence-corrected chi connectivity index (χ0v) is 12.6. The van der Waals surface area contributed by atoms with Crippen LogP contribution in [0.4, 0.5) is 11.4 Å². The number of benzene rings is 2. The van der Waals surface area contributed by atoms with Crippen molar-refractivity contribution in [3.63, 3.8) is 0 Å². The van der Waals surface area contributed by atoms with Gasteiger partial charge in [0.2, 0.25) is 0 Å². The van der Waals surface area contributed by atoms with Crippen LogP contribution in [0, 0.1) is 10.1 Å². The maximum Gasteiger partial charge on any atom is 0.270 e. The third-order valence-electron chi connectivity index (χ3n) is 2.76. The Hall–Kier alpha value is -2.18. The van der Waals surface area contributed by atoms with Gasteiger partial charge in [-0.05, 0) is 30.3 Å². The van der Waals surface area contributed by atoms with Crippen LogP contribution in [0.1, 0.15) is 5.56 Å². The Kier molecular flexibility index (Phi) is 4.72. The molecule has 0 heterocycles. The van der Waals surface area contributed by atoms with Crippen molar-refractivity contribution in [1.29, 1.82) is 0 Å². The van der Waals surface area contributed by atoms with E-state index in [1.165, 1.54) is 18.2 Å². The molecule has 2 aromatic rings. The molecule has 0 atom stereocenters. The van der Waals surface area contributed by atoms with Crippen LogP contribution in [0.2, 0.25) is 5.02 Å². The van der Waals surface area contributed by atoms with Gasteiger partial charge in [0, 0.05) is 23.4 Å². The second-order valence-corrected chi connectivity index (χ2v) is 4.92.